The van der Waals surface area contributed by atoms with E-state index in [2.05, 4.69) is 5.16 Å². The molecular formula is C13H11NO4. The number of nitrogens with zero attached hydrogens (tertiary/aromatic N) is 1. The van der Waals surface area contributed by atoms with E-state index in [9.17, 15) is 4.79 Å². The van der Waals surface area contributed by atoms with Gasteiger partial charge in [-0.3, -0.25) is 0 Å². The number of hydrogen-bond donors (Lipinski definition) is 1. The van der Waals surface area contributed by atoms with Gasteiger partial charge in [0.25, 0.3) is 0 Å². The molecule has 0 spiro atoms. The minimum atomic E-state index is -1.12. The van der Waals surface area contributed by atoms with Gasteiger partial charge in [0.15, 0.2) is 0 Å². The smallest absolute Gasteiger partial charge is 0.374 e. The van der Waals surface area contributed by atoms with Gasteiger partial charge in [0, 0.05) is 18.1 Å². The largest absolute Gasteiger partial charge is 0.490 e. The lowest BCUT2D eigenvalue weighted by atomic mass is 10.0. The molecule has 2 aromatic rings. The van der Waals surface area contributed by atoms with Gasteiger partial charge in [-0.1, -0.05) is 5.16 Å². The second kappa shape index (κ2) is 3.87. The quantitative estimate of drug-likeness (QED) is 0.879. The molecule has 18 heavy (non-hydrogen) atoms. The summed E-state index contributed by atoms with van der Waals surface area (Å²) in [4.78, 5) is 10.7. The van der Waals surface area contributed by atoms with Crippen LogP contribution < -0.4 is 4.74 Å². The van der Waals surface area contributed by atoms with Crippen molar-refractivity contribution in [3.63, 3.8) is 0 Å². The molecule has 1 unspecified atom stereocenters. The molecule has 1 aliphatic heterocycles. The third-order valence-electron chi connectivity index (χ3n) is 2.91. The maximum Gasteiger partial charge on any atom is 0.374 e. The fourth-order valence-electron chi connectivity index (χ4n) is 2.09. The zero-order valence-electron chi connectivity index (χ0n) is 9.71. The maximum absolute atomic E-state index is 10.7. The Bertz CT molecular complexity index is 617. The van der Waals surface area contributed by atoms with Crippen molar-refractivity contribution in [3.05, 3.63) is 35.6 Å². The van der Waals surface area contributed by atoms with Crippen molar-refractivity contribution in [1.82, 2.24) is 5.16 Å². The van der Waals surface area contributed by atoms with Gasteiger partial charge in [-0.05, 0) is 30.7 Å². The summed E-state index contributed by atoms with van der Waals surface area (Å²) in [5.41, 5.74) is 2.47. The predicted molar refractivity (Wildman–Crippen MR) is 62.7 cm³/mol. The number of carboxylic acids is 1. The monoisotopic (exact) mass is 245 g/mol. The van der Waals surface area contributed by atoms with Crippen molar-refractivity contribution >= 4 is 5.97 Å². The van der Waals surface area contributed by atoms with E-state index >= 15 is 0 Å². The first-order chi connectivity index (χ1) is 8.63. The van der Waals surface area contributed by atoms with Crippen molar-refractivity contribution < 1.29 is 19.2 Å². The molecule has 0 bridgehead atoms. The van der Waals surface area contributed by atoms with Crippen LogP contribution in [0.1, 0.15) is 23.0 Å². The zero-order chi connectivity index (χ0) is 12.7. The highest BCUT2D eigenvalue weighted by Crippen LogP contribution is 2.32. The summed E-state index contributed by atoms with van der Waals surface area (Å²) in [6, 6.07) is 7.11. The fourth-order valence-corrected chi connectivity index (χ4v) is 2.09. The van der Waals surface area contributed by atoms with E-state index in [1.54, 1.807) is 0 Å². The van der Waals surface area contributed by atoms with Gasteiger partial charge in [0.2, 0.25) is 5.76 Å². The Labute approximate surface area is 103 Å². The summed E-state index contributed by atoms with van der Waals surface area (Å²) in [7, 11) is 0. The average Bonchev–Trinajstić information content (AvgIpc) is 2.91. The number of benzene rings is 1. The molecule has 5 nitrogen and oxygen atoms in total. The van der Waals surface area contributed by atoms with E-state index in [4.69, 9.17) is 14.4 Å². The topological polar surface area (TPSA) is 72.6 Å². The first-order valence-electron chi connectivity index (χ1n) is 5.63. The van der Waals surface area contributed by atoms with E-state index in [0.29, 0.717) is 5.69 Å². The highest BCUT2D eigenvalue weighted by Gasteiger charge is 2.20. The summed E-state index contributed by atoms with van der Waals surface area (Å²) < 4.78 is 10.3. The van der Waals surface area contributed by atoms with E-state index in [-0.39, 0.29) is 11.9 Å². The number of carboxylic acid groups (broad SMARTS) is 1. The number of carbonyl (C=O) groups is 1. The Hall–Kier alpha value is -2.30. The van der Waals surface area contributed by atoms with Crippen LogP contribution in [0.4, 0.5) is 0 Å². The van der Waals surface area contributed by atoms with Gasteiger partial charge in [-0.15, -0.1) is 0 Å². The molecule has 0 amide bonds. The molecule has 5 heteroatoms. The van der Waals surface area contributed by atoms with Crippen LogP contribution in [0.25, 0.3) is 11.3 Å². The number of aromatic nitrogens is 1. The van der Waals surface area contributed by atoms with Gasteiger partial charge >= 0.3 is 5.97 Å². The Balaban J connectivity index is 1.97. The van der Waals surface area contributed by atoms with Crippen LogP contribution in [0.2, 0.25) is 0 Å². The van der Waals surface area contributed by atoms with Gasteiger partial charge in [-0.25, -0.2) is 4.79 Å². The van der Waals surface area contributed by atoms with Crippen molar-refractivity contribution in [2.45, 2.75) is 19.4 Å². The Kier molecular flexibility index (Phi) is 2.33. The van der Waals surface area contributed by atoms with Crippen molar-refractivity contribution in [1.29, 1.82) is 0 Å². The minimum Gasteiger partial charge on any atom is -0.490 e. The lowest BCUT2D eigenvalue weighted by molar-refractivity contribution is 0.0652. The van der Waals surface area contributed by atoms with Crippen LogP contribution in [-0.4, -0.2) is 22.3 Å². The van der Waals surface area contributed by atoms with E-state index in [1.807, 2.05) is 25.1 Å². The number of rotatable bonds is 2. The van der Waals surface area contributed by atoms with Gasteiger partial charge in [0.1, 0.15) is 17.5 Å². The fraction of sp³-hybridized carbons (Fsp3) is 0.231. The van der Waals surface area contributed by atoms with Crippen molar-refractivity contribution in [2.24, 2.45) is 0 Å². The summed E-state index contributed by atoms with van der Waals surface area (Å²) in [5, 5.41) is 12.5. The van der Waals surface area contributed by atoms with Gasteiger partial charge < -0.3 is 14.4 Å². The first kappa shape index (κ1) is 10.8. The Morgan fingerprint density at radius 3 is 3.00 bits per heavy atom. The lowest BCUT2D eigenvalue weighted by Gasteiger charge is -2.02. The molecule has 0 aliphatic carbocycles. The maximum atomic E-state index is 10.7. The molecule has 0 saturated heterocycles. The number of aromatic carboxylic acids is 1. The molecule has 0 saturated carbocycles. The lowest BCUT2D eigenvalue weighted by Crippen LogP contribution is -2.05. The van der Waals surface area contributed by atoms with Gasteiger partial charge in [-0.2, -0.15) is 0 Å². The molecular weight excluding hydrogens is 234 g/mol. The summed E-state index contributed by atoms with van der Waals surface area (Å²) in [6.45, 7) is 2.01. The first-order valence-corrected chi connectivity index (χ1v) is 5.63. The highest BCUT2D eigenvalue weighted by atomic mass is 16.5. The SMILES string of the molecule is CC1Cc2cc(-c3cc(C(=O)O)on3)ccc2O1. The molecule has 1 aromatic carbocycles. The number of fused-ring (bicyclic) bond motifs is 1. The third-order valence-corrected chi connectivity index (χ3v) is 2.91. The second-order valence-corrected chi connectivity index (χ2v) is 4.34. The Morgan fingerprint density at radius 1 is 1.44 bits per heavy atom. The number of ether oxygens (including phenoxy) is 1. The molecule has 1 aromatic heterocycles. The van der Waals surface area contributed by atoms with E-state index in [0.717, 1.165) is 23.3 Å². The van der Waals surface area contributed by atoms with Crippen LogP contribution in [0.5, 0.6) is 5.75 Å². The molecule has 1 N–H and O–H groups in total. The predicted octanol–water partition coefficient (Wildman–Crippen LogP) is 2.36. The summed E-state index contributed by atoms with van der Waals surface area (Å²) in [6.07, 6.45) is 1.04. The van der Waals surface area contributed by atoms with Crippen LogP contribution in [-0.2, 0) is 6.42 Å². The molecule has 0 fully saturated rings. The van der Waals surface area contributed by atoms with Crippen LogP contribution >= 0.6 is 0 Å². The molecule has 1 atom stereocenters. The standard InChI is InChI=1S/C13H11NO4/c1-7-4-9-5-8(2-3-11(9)17-7)10-6-12(13(15)16)18-14-10/h2-3,5-7H,4H2,1H3,(H,15,16). The van der Waals surface area contributed by atoms with Crippen LogP contribution in [0, 0.1) is 0 Å². The van der Waals surface area contributed by atoms with E-state index in [1.165, 1.54) is 6.07 Å². The molecule has 1 aliphatic rings. The minimum absolute atomic E-state index is 0.157. The van der Waals surface area contributed by atoms with Crippen LogP contribution in [0.3, 0.4) is 0 Å². The van der Waals surface area contributed by atoms with Crippen LogP contribution in [0.15, 0.2) is 28.8 Å². The van der Waals surface area contributed by atoms with Crippen molar-refractivity contribution in [2.75, 3.05) is 0 Å². The normalized spacial score (nSPS) is 17.3. The third kappa shape index (κ3) is 1.73. The molecule has 92 valence electrons. The van der Waals surface area contributed by atoms with E-state index < -0.39 is 5.97 Å². The number of hydrogen-bond acceptors (Lipinski definition) is 4. The average molecular weight is 245 g/mol. The summed E-state index contributed by atoms with van der Waals surface area (Å²) in [5.74, 6) is -0.393. The molecule has 0 radical (unpaired) electrons. The second-order valence-electron chi connectivity index (χ2n) is 4.34. The summed E-state index contributed by atoms with van der Waals surface area (Å²) >= 11 is 0. The van der Waals surface area contributed by atoms with Crippen molar-refractivity contribution in [3.8, 4) is 17.0 Å². The zero-order valence-corrected chi connectivity index (χ0v) is 9.71. The molecule has 2 heterocycles. The molecule has 3 rings (SSSR count). The Morgan fingerprint density at radius 2 is 2.28 bits per heavy atom. The van der Waals surface area contributed by atoms with Gasteiger partial charge in [0.05, 0.1) is 0 Å². The highest BCUT2D eigenvalue weighted by molar-refractivity contribution is 5.85.